The van der Waals surface area contributed by atoms with Gasteiger partial charge in [0.05, 0.1) is 11.0 Å². The van der Waals surface area contributed by atoms with E-state index in [9.17, 15) is 27.6 Å². The summed E-state index contributed by atoms with van der Waals surface area (Å²) in [7, 11) is 0. The van der Waals surface area contributed by atoms with E-state index in [-0.39, 0.29) is 35.0 Å². The maximum absolute atomic E-state index is 12.6. The molecule has 0 aliphatic carbocycles. The predicted octanol–water partition coefficient (Wildman–Crippen LogP) is 2.11. The van der Waals surface area contributed by atoms with Crippen molar-refractivity contribution < 1.29 is 32.3 Å². The molecule has 2 aliphatic rings. The minimum atomic E-state index is -4.91. The third-order valence-corrected chi connectivity index (χ3v) is 4.46. The Balaban J connectivity index is 1.94. The van der Waals surface area contributed by atoms with Gasteiger partial charge in [-0.3, -0.25) is 19.7 Å². The van der Waals surface area contributed by atoms with E-state index in [1.165, 1.54) is 12.1 Å². The van der Waals surface area contributed by atoms with Gasteiger partial charge in [0.2, 0.25) is 11.8 Å². The molecular weight excluding hydrogens is 397 g/mol. The fraction of sp³-hybridized carbons (Fsp3) is 0.357. The third-order valence-electron chi connectivity index (χ3n) is 3.84. The number of piperidine rings is 1. The SMILES string of the molecule is O=C1CCC(N2Cc3c(ccc(Br)c3OC(F)(F)F)C2=O)C(=O)N1. The number of hydrogen-bond donors (Lipinski definition) is 1. The lowest BCUT2D eigenvalue weighted by Gasteiger charge is -2.29. The zero-order chi connectivity index (χ0) is 17.6. The first kappa shape index (κ1) is 16.7. The Labute approximate surface area is 142 Å². The van der Waals surface area contributed by atoms with Crippen LogP contribution in [0.2, 0.25) is 0 Å². The van der Waals surface area contributed by atoms with E-state index < -0.39 is 35.9 Å². The summed E-state index contributed by atoms with van der Waals surface area (Å²) in [4.78, 5) is 36.7. The number of benzene rings is 1. The molecule has 10 heteroatoms. The van der Waals surface area contributed by atoms with Crippen LogP contribution in [0, 0.1) is 0 Å². The molecule has 0 aromatic heterocycles. The van der Waals surface area contributed by atoms with Gasteiger partial charge in [-0.25, -0.2) is 0 Å². The summed E-state index contributed by atoms with van der Waals surface area (Å²) in [5.41, 5.74) is 0.0959. The first-order valence-electron chi connectivity index (χ1n) is 6.89. The van der Waals surface area contributed by atoms with Crippen LogP contribution in [0.3, 0.4) is 0 Å². The molecule has 128 valence electrons. The van der Waals surface area contributed by atoms with Gasteiger partial charge in [0.25, 0.3) is 5.91 Å². The molecule has 24 heavy (non-hydrogen) atoms. The molecule has 6 nitrogen and oxygen atoms in total. The predicted molar refractivity (Wildman–Crippen MR) is 76.9 cm³/mol. The van der Waals surface area contributed by atoms with Crippen LogP contribution in [-0.2, 0) is 16.1 Å². The average Bonchev–Trinajstić information content (AvgIpc) is 2.78. The maximum Gasteiger partial charge on any atom is 0.573 e. The number of carbonyl (C=O) groups is 3. The number of amides is 3. The highest BCUT2D eigenvalue weighted by Crippen LogP contribution is 2.40. The second kappa shape index (κ2) is 5.76. The highest BCUT2D eigenvalue weighted by Gasteiger charge is 2.42. The second-order valence-electron chi connectivity index (χ2n) is 5.35. The zero-order valence-corrected chi connectivity index (χ0v) is 13.5. The molecule has 1 aromatic rings. The summed E-state index contributed by atoms with van der Waals surface area (Å²) in [6.45, 7) is -0.203. The maximum atomic E-state index is 12.6. The summed E-state index contributed by atoms with van der Waals surface area (Å²) in [6.07, 6.45) is -4.73. The molecule has 1 unspecified atom stereocenters. The molecule has 1 saturated heterocycles. The first-order chi connectivity index (χ1) is 11.2. The zero-order valence-electron chi connectivity index (χ0n) is 11.9. The summed E-state index contributed by atoms with van der Waals surface area (Å²) in [5.74, 6) is -2.14. The number of nitrogens with one attached hydrogen (secondary N) is 1. The van der Waals surface area contributed by atoms with Crippen molar-refractivity contribution in [2.45, 2.75) is 31.8 Å². The van der Waals surface area contributed by atoms with E-state index in [1.807, 2.05) is 0 Å². The Morgan fingerprint density at radius 3 is 2.58 bits per heavy atom. The van der Waals surface area contributed by atoms with Gasteiger partial charge < -0.3 is 9.64 Å². The van der Waals surface area contributed by atoms with Gasteiger partial charge in [-0.05, 0) is 34.5 Å². The highest BCUT2D eigenvalue weighted by molar-refractivity contribution is 9.10. The van der Waals surface area contributed by atoms with Crippen molar-refractivity contribution in [3.8, 4) is 5.75 Å². The molecule has 3 amide bonds. The molecule has 1 aromatic carbocycles. The molecular formula is C14H10BrF3N2O4. The van der Waals surface area contributed by atoms with E-state index in [2.05, 4.69) is 26.0 Å². The van der Waals surface area contributed by atoms with Crippen molar-refractivity contribution in [3.05, 3.63) is 27.7 Å². The number of nitrogens with zero attached hydrogens (tertiary/aromatic N) is 1. The summed E-state index contributed by atoms with van der Waals surface area (Å²) >= 11 is 2.98. The number of carbonyl (C=O) groups excluding carboxylic acids is 3. The van der Waals surface area contributed by atoms with Crippen LogP contribution < -0.4 is 10.1 Å². The molecule has 1 atom stereocenters. The molecule has 0 spiro atoms. The fourth-order valence-corrected chi connectivity index (χ4v) is 3.26. The highest BCUT2D eigenvalue weighted by atomic mass is 79.9. The van der Waals surface area contributed by atoms with E-state index >= 15 is 0 Å². The van der Waals surface area contributed by atoms with E-state index in [0.717, 1.165) is 4.90 Å². The standard InChI is InChI=1S/C14H10BrF3N2O4/c15-8-2-1-6-7(11(8)24-14(16,17)18)5-20(13(6)23)9-3-4-10(21)19-12(9)22/h1-2,9H,3-5H2,(H,19,21,22). The lowest BCUT2D eigenvalue weighted by molar-refractivity contribution is -0.275. The number of alkyl halides is 3. The lowest BCUT2D eigenvalue weighted by atomic mass is 10.0. The number of hydrogen-bond acceptors (Lipinski definition) is 4. The topological polar surface area (TPSA) is 75.7 Å². The second-order valence-corrected chi connectivity index (χ2v) is 6.20. The van der Waals surface area contributed by atoms with Crippen molar-refractivity contribution in [2.75, 3.05) is 0 Å². The quantitative estimate of drug-likeness (QED) is 0.763. The van der Waals surface area contributed by atoms with Gasteiger partial charge in [-0.2, -0.15) is 0 Å². The van der Waals surface area contributed by atoms with Crippen LogP contribution in [-0.4, -0.2) is 35.0 Å². The molecule has 1 fully saturated rings. The number of imide groups is 1. The molecule has 0 saturated carbocycles. The smallest absolute Gasteiger partial charge is 0.404 e. The van der Waals surface area contributed by atoms with Gasteiger partial charge in [0.15, 0.2) is 0 Å². The Hall–Kier alpha value is -2.10. The van der Waals surface area contributed by atoms with Crippen LogP contribution in [0.25, 0.3) is 0 Å². The van der Waals surface area contributed by atoms with Gasteiger partial charge in [-0.15, -0.1) is 13.2 Å². The third kappa shape index (κ3) is 2.97. The summed E-state index contributed by atoms with van der Waals surface area (Å²) in [6, 6.07) is 1.75. The van der Waals surface area contributed by atoms with Crippen LogP contribution in [0.1, 0.15) is 28.8 Å². The Bertz CT molecular complexity index is 750. The molecule has 0 radical (unpaired) electrons. The van der Waals surface area contributed by atoms with Gasteiger partial charge >= 0.3 is 6.36 Å². The van der Waals surface area contributed by atoms with Crippen LogP contribution in [0.4, 0.5) is 13.2 Å². The minimum Gasteiger partial charge on any atom is -0.404 e. The van der Waals surface area contributed by atoms with Crippen molar-refractivity contribution in [1.29, 1.82) is 0 Å². The van der Waals surface area contributed by atoms with E-state index in [4.69, 9.17) is 0 Å². The minimum absolute atomic E-state index is 0.0437. The average molecular weight is 407 g/mol. The normalized spacial score (nSPS) is 20.9. The van der Waals surface area contributed by atoms with Gasteiger partial charge in [-0.1, -0.05) is 0 Å². The van der Waals surface area contributed by atoms with Crippen LogP contribution in [0.15, 0.2) is 16.6 Å². The van der Waals surface area contributed by atoms with Crippen molar-refractivity contribution in [2.24, 2.45) is 0 Å². The molecule has 1 N–H and O–H groups in total. The van der Waals surface area contributed by atoms with Gasteiger partial charge in [0, 0.05) is 17.5 Å². The Morgan fingerprint density at radius 2 is 1.96 bits per heavy atom. The monoisotopic (exact) mass is 406 g/mol. The number of fused-ring (bicyclic) bond motifs is 1. The van der Waals surface area contributed by atoms with Crippen molar-refractivity contribution >= 4 is 33.7 Å². The summed E-state index contributed by atoms with van der Waals surface area (Å²) < 4.78 is 41.9. The first-order valence-corrected chi connectivity index (χ1v) is 7.68. The van der Waals surface area contributed by atoms with Crippen molar-refractivity contribution in [1.82, 2.24) is 10.2 Å². The number of rotatable bonds is 2. The number of halogens is 4. The van der Waals surface area contributed by atoms with Crippen molar-refractivity contribution in [3.63, 3.8) is 0 Å². The molecule has 0 bridgehead atoms. The van der Waals surface area contributed by atoms with Gasteiger partial charge in [0.1, 0.15) is 11.8 Å². The number of ether oxygens (including phenoxy) is 1. The lowest BCUT2D eigenvalue weighted by Crippen LogP contribution is -2.52. The molecule has 3 rings (SSSR count). The summed E-state index contributed by atoms with van der Waals surface area (Å²) in [5, 5.41) is 2.13. The van der Waals surface area contributed by atoms with Crippen LogP contribution in [0.5, 0.6) is 5.75 Å². The van der Waals surface area contributed by atoms with Crippen LogP contribution >= 0.6 is 15.9 Å². The molecule has 2 heterocycles. The largest absolute Gasteiger partial charge is 0.573 e. The molecule has 2 aliphatic heterocycles. The van der Waals surface area contributed by atoms with E-state index in [1.54, 1.807) is 0 Å². The Kier molecular flexibility index (Phi) is 4.02. The van der Waals surface area contributed by atoms with E-state index in [0.29, 0.717) is 0 Å². The fourth-order valence-electron chi connectivity index (χ4n) is 2.81. The Morgan fingerprint density at radius 1 is 1.25 bits per heavy atom.